The van der Waals surface area contributed by atoms with Crippen LogP contribution in [-0.4, -0.2) is 33.7 Å². The first-order valence-corrected chi connectivity index (χ1v) is 11.0. The van der Waals surface area contributed by atoms with Gasteiger partial charge in [0.05, 0.1) is 11.9 Å². The van der Waals surface area contributed by atoms with Crippen molar-refractivity contribution in [3.63, 3.8) is 0 Å². The summed E-state index contributed by atoms with van der Waals surface area (Å²) in [7, 11) is 0. The summed E-state index contributed by atoms with van der Waals surface area (Å²) in [4.78, 5) is 25.8. The number of Topliss-reactive ketones (excluding diaryl/α,β-unsaturated/α-hetero) is 1. The number of ether oxygens (including phenoxy) is 1. The molecule has 3 aromatic rings. The van der Waals surface area contributed by atoms with E-state index < -0.39 is 0 Å². The van der Waals surface area contributed by atoms with Crippen molar-refractivity contribution in [2.75, 3.05) is 13.1 Å². The van der Waals surface area contributed by atoms with Gasteiger partial charge in [-0.2, -0.15) is 4.98 Å². The molecule has 0 amide bonds. The van der Waals surface area contributed by atoms with Crippen LogP contribution in [0.25, 0.3) is 10.2 Å². The zero-order valence-electron chi connectivity index (χ0n) is 17.5. The molecule has 0 radical (unpaired) electrons. The monoisotopic (exact) mass is 409 g/mol. The van der Waals surface area contributed by atoms with E-state index in [2.05, 4.69) is 25.7 Å². The average molecular weight is 410 g/mol. The van der Waals surface area contributed by atoms with E-state index in [0.29, 0.717) is 17.2 Å². The Kier molecular flexibility index (Phi) is 5.65. The summed E-state index contributed by atoms with van der Waals surface area (Å²) >= 11 is 1.69. The summed E-state index contributed by atoms with van der Waals surface area (Å²) in [5.41, 5.74) is 1.84. The predicted molar refractivity (Wildman–Crippen MR) is 117 cm³/mol. The third-order valence-electron chi connectivity index (χ3n) is 5.76. The lowest BCUT2D eigenvalue weighted by atomic mass is 9.99. The van der Waals surface area contributed by atoms with Crippen LogP contribution in [0.1, 0.15) is 53.3 Å². The van der Waals surface area contributed by atoms with Crippen molar-refractivity contribution < 1.29 is 9.53 Å². The van der Waals surface area contributed by atoms with Gasteiger partial charge in [0.15, 0.2) is 5.78 Å². The standard InChI is InChI=1S/C23H27N3O2S/c1-14-9-11-26(12-10-14)13-20-24-22(21-15(2)17(4)29-23(21)25-20)28-19-7-5-18(6-8-19)16(3)27/h5-8,14H,9-13H2,1-4H3. The lowest BCUT2D eigenvalue weighted by Gasteiger charge is -2.29. The number of piperidine rings is 1. The second-order valence-electron chi connectivity index (χ2n) is 8.05. The molecule has 2 aromatic heterocycles. The number of carbonyl (C=O) groups excluding carboxylic acids is 1. The van der Waals surface area contributed by atoms with Gasteiger partial charge in [-0.3, -0.25) is 9.69 Å². The van der Waals surface area contributed by atoms with Gasteiger partial charge < -0.3 is 4.74 Å². The number of hydrogen-bond acceptors (Lipinski definition) is 6. The number of benzene rings is 1. The van der Waals surface area contributed by atoms with Gasteiger partial charge in [0, 0.05) is 10.4 Å². The molecule has 6 heteroatoms. The Labute approximate surface area is 175 Å². The lowest BCUT2D eigenvalue weighted by molar-refractivity contribution is 0.101. The Morgan fingerprint density at radius 2 is 1.86 bits per heavy atom. The Bertz CT molecular complexity index is 1030. The van der Waals surface area contributed by atoms with E-state index in [0.717, 1.165) is 41.6 Å². The van der Waals surface area contributed by atoms with Crippen LogP contribution in [0.4, 0.5) is 0 Å². The molecule has 1 aromatic carbocycles. The minimum atomic E-state index is 0.0448. The molecule has 152 valence electrons. The number of likely N-dealkylation sites (tertiary alicyclic amines) is 1. The maximum atomic E-state index is 11.5. The molecule has 3 heterocycles. The molecule has 1 fully saturated rings. The molecule has 0 aliphatic carbocycles. The number of hydrogen-bond donors (Lipinski definition) is 0. The summed E-state index contributed by atoms with van der Waals surface area (Å²) in [6.45, 7) is 11.0. The molecule has 0 bridgehead atoms. The first-order chi connectivity index (χ1) is 13.9. The van der Waals surface area contributed by atoms with Gasteiger partial charge in [0.2, 0.25) is 5.88 Å². The minimum absolute atomic E-state index is 0.0448. The fourth-order valence-corrected chi connectivity index (χ4v) is 4.73. The number of thiophene rings is 1. The fourth-order valence-electron chi connectivity index (χ4n) is 3.69. The van der Waals surface area contributed by atoms with Gasteiger partial charge in [-0.05, 0) is 82.4 Å². The highest BCUT2D eigenvalue weighted by Gasteiger charge is 2.20. The molecular formula is C23H27N3O2S. The van der Waals surface area contributed by atoms with E-state index in [1.54, 1.807) is 30.4 Å². The molecule has 1 saturated heterocycles. The number of aromatic nitrogens is 2. The highest BCUT2D eigenvalue weighted by molar-refractivity contribution is 7.18. The smallest absolute Gasteiger partial charge is 0.231 e. The number of nitrogens with zero attached hydrogens (tertiary/aromatic N) is 3. The molecule has 29 heavy (non-hydrogen) atoms. The summed E-state index contributed by atoms with van der Waals surface area (Å²) in [5.74, 6) is 2.94. The van der Waals surface area contributed by atoms with Gasteiger partial charge in [-0.15, -0.1) is 11.3 Å². The van der Waals surface area contributed by atoms with Gasteiger partial charge in [-0.1, -0.05) is 6.92 Å². The van der Waals surface area contributed by atoms with Crippen LogP contribution < -0.4 is 4.74 Å². The van der Waals surface area contributed by atoms with E-state index in [-0.39, 0.29) is 5.78 Å². The molecule has 4 rings (SSSR count). The normalized spacial score (nSPS) is 15.7. The summed E-state index contributed by atoms with van der Waals surface area (Å²) < 4.78 is 6.19. The van der Waals surface area contributed by atoms with E-state index >= 15 is 0 Å². The van der Waals surface area contributed by atoms with Crippen LogP contribution in [-0.2, 0) is 6.54 Å². The van der Waals surface area contributed by atoms with Crippen molar-refractivity contribution in [2.24, 2.45) is 5.92 Å². The number of ketones is 1. The van der Waals surface area contributed by atoms with Crippen molar-refractivity contribution >= 4 is 27.3 Å². The second-order valence-corrected chi connectivity index (χ2v) is 9.25. The van der Waals surface area contributed by atoms with Crippen molar-refractivity contribution in [3.8, 4) is 11.6 Å². The van der Waals surface area contributed by atoms with E-state index in [9.17, 15) is 4.79 Å². The Morgan fingerprint density at radius 3 is 2.52 bits per heavy atom. The summed E-state index contributed by atoms with van der Waals surface area (Å²) in [6.07, 6.45) is 2.45. The van der Waals surface area contributed by atoms with Crippen molar-refractivity contribution in [1.82, 2.24) is 14.9 Å². The first kappa shape index (κ1) is 20.0. The van der Waals surface area contributed by atoms with E-state index in [1.165, 1.54) is 23.3 Å². The number of aryl methyl sites for hydroxylation is 2. The molecule has 1 aliphatic heterocycles. The van der Waals surface area contributed by atoms with Gasteiger partial charge in [0.25, 0.3) is 0 Å². The van der Waals surface area contributed by atoms with Crippen LogP contribution >= 0.6 is 11.3 Å². The van der Waals surface area contributed by atoms with Crippen molar-refractivity contribution in [2.45, 2.75) is 47.1 Å². The van der Waals surface area contributed by atoms with Crippen LogP contribution in [0.2, 0.25) is 0 Å². The van der Waals surface area contributed by atoms with E-state index in [1.807, 2.05) is 12.1 Å². The SMILES string of the molecule is CC(=O)c1ccc(Oc2nc(CN3CCC(C)CC3)nc3sc(C)c(C)c23)cc1. The van der Waals surface area contributed by atoms with Gasteiger partial charge >= 0.3 is 0 Å². The number of carbonyl (C=O) groups is 1. The molecule has 0 N–H and O–H groups in total. The van der Waals surface area contributed by atoms with Crippen LogP contribution in [0.3, 0.4) is 0 Å². The Hall–Kier alpha value is -2.31. The van der Waals surface area contributed by atoms with Gasteiger partial charge in [0.1, 0.15) is 16.4 Å². The zero-order valence-corrected chi connectivity index (χ0v) is 18.3. The molecule has 0 atom stereocenters. The Morgan fingerprint density at radius 1 is 1.17 bits per heavy atom. The van der Waals surface area contributed by atoms with Crippen LogP contribution in [0, 0.1) is 19.8 Å². The third kappa shape index (κ3) is 4.33. The Balaban J connectivity index is 1.66. The largest absolute Gasteiger partial charge is 0.438 e. The topological polar surface area (TPSA) is 55.3 Å². The average Bonchev–Trinajstić information content (AvgIpc) is 2.98. The van der Waals surface area contributed by atoms with Crippen molar-refractivity contribution in [1.29, 1.82) is 0 Å². The highest BCUT2D eigenvalue weighted by atomic mass is 32.1. The van der Waals surface area contributed by atoms with Crippen molar-refractivity contribution in [3.05, 3.63) is 46.1 Å². The molecule has 0 saturated carbocycles. The van der Waals surface area contributed by atoms with Gasteiger partial charge in [-0.25, -0.2) is 4.98 Å². The quantitative estimate of drug-likeness (QED) is 0.518. The lowest BCUT2D eigenvalue weighted by Crippen LogP contribution is -2.32. The summed E-state index contributed by atoms with van der Waals surface area (Å²) in [5, 5.41) is 0.985. The maximum absolute atomic E-state index is 11.5. The first-order valence-electron chi connectivity index (χ1n) is 10.2. The zero-order chi connectivity index (χ0) is 20.5. The number of rotatable bonds is 5. The number of fused-ring (bicyclic) bond motifs is 1. The molecule has 1 aliphatic rings. The second kappa shape index (κ2) is 8.20. The minimum Gasteiger partial charge on any atom is -0.438 e. The van der Waals surface area contributed by atoms with E-state index in [4.69, 9.17) is 14.7 Å². The summed E-state index contributed by atoms with van der Waals surface area (Å²) in [6, 6.07) is 7.23. The molecular weight excluding hydrogens is 382 g/mol. The highest BCUT2D eigenvalue weighted by Crippen LogP contribution is 2.36. The third-order valence-corrected chi connectivity index (χ3v) is 6.86. The predicted octanol–water partition coefficient (Wildman–Crippen LogP) is 5.53. The fraction of sp³-hybridized carbons (Fsp3) is 0.435. The van der Waals surface area contributed by atoms with Crippen LogP contribution in [0.5, 0.6) is 11.6 Å². The molecule has 5 nitrogen and oxygen atoms in total. The molecule has 0 spiro atoms. The van der Waals surface area contributed by atoms with Crippen LogP contribution in [0.15, 0.2) is 24.3 Å². The molecule has 0 unspecified atom stereocenters. The maximum Gasteiger partial charge on any atom is 0.231 e.